The van der Waals surface area contributed by atoms with Crippen LogP contribution in [0.2, 0.25) is 0 Å². The third-order valence-corrected chi connectivity index (χ3v) is 4.52. The molecule has 1 amide bonds. The van der Waals surface area contributed by atoms with Crippen LogP contribution >= 0.6 is 0 Å². The first-order valence-electron chi connectivity index (χ1n) is 7.74. The lowest BCUT2D eigenvalue weighted by Gasteiger charge is -2.31. The number of hydrogen-bond acceptors (Lipinski definition) is 2. The highest BCUT2D eigenvalue weighted by Crippen LogP contribution is 2.43. The second-order valence-corrected chi connectivity index (χ2v) is 6.91. The van der Waals surface area contributed by atoms with E-state index in [9.17, 15) is 18.0 Å². The van der Waals surface area contributed by atoms with Crippen molar-refractivity contribution in [2.24, 2.45) is 5.41 Å². The molecule has 2 aromatic rings. The molecule has 1 unspecified atom stereocenters. The second-order valence-electron chi connectivity index (χ2n) is 6.91. The van der Waals surface area contributed by atoms with Crippen LogP contribution in [0.25, 0.3) is 10.8 Å². The number of amides is 1. The molecule has 3 nitrogen and oxygen atoms in total. The Morgan fingerprint density at radius 2 is 1.75 bits per heavy atom. The van der Waals surface area contributed by atoms with Crippen LogP contribution in [-0.4, -0.2) is 23.6 Å². The van der Waals surface area contributed by atoms with E-state index >= 15 is 0 Å². The van der Waals surface area contributed by atoms with Crippen molar-refractivity contribution >= 4 is 16.7 Å². The summed E-state index contributed by atoms with van der Waals surface area (Å²) in [5.74, 6) is -0.395. The molecule has 1 atom stereocenters. The van der Waals surface area contributed by atoms with Gasteiger partial charge in [0.15, 0.2) is 6.04 Å². The average Bonchev–Trinajstić information content (AvgIpc) is 2.74. The van der Waals surface area contributed by atoms with E-state index in [4.69, 9.17) is 0 Å². The normalized spacial score (nSPS) is 19.5. The number of halogens is 3. The standard InChI is InChI=1S/C18H19F3N2O/c1-11-8-9-14(13-7-5-4-6-12(11)13)15(18(19,20)21)23-10-17(2,3)16(24)22-23/h4-9,15H,10H2,1-3H3,(H,22,24). The Hall–Kier alpha value is -2.08. The van der Waals surface area contributed by atoms with Gasteiger partial charge in [-0.3, -0.25) is 10.2 Å². The lowest BCUT2D eigenvalue weighted by atomic mass is 9.92. The van der Waals surface area contributed by atoms with E-state index in [1.165, 1.54) is 6.07 Å². The van der Waals surface area contributed by atoms with Crippen LogP contribution < -0.4 is 5.43 Å². The van der Waals surface area contributed by atoms with Gasteiger partial charge in [0.1, 0.15) is 0 Å². The quantitative estimate of drug-likeness (QED) is 0.894. The number of hydrazine groups is 1. The smallest absolute Gasteiger partial charge is 0.287 e. The Bertz CT molecular complexity index is 798. The number of nitrogens with one attached hydrogen (secondary N) is 1. The Kier molecular flexibility index (Phi) is 3.83. The number of aryl methyl sites for hydroxylation is 1. The van der Waals surface area contributed by atoms with Crippen LogP contribution in [0.3, 0.4) is 0 Å². The molecule has 128 valence electrons. The summed E-state index contributed by atoms with van der Waals surface area (Å²) in [7, 11) is 0. The van der Waals surface area contributed by atoms with Crippen molar-refractivity contribution in [1.82, 2.24) is 10.4 Å². The first kappa shape index (κ1) is 16.8. The number of hydrogen-bond donors (Lipinski definition) is 1. The summed E-state index contributed by atoms with van der Waals surface area (Å²) in [4.78, 5) is 12.0. The van der Waals surface area contributed by atoms with Crippen LogP contribution in [0.5, 0.6) is 0 Å². The van der Waals surface area contributed by atoms with Crippen molar-refractivity contribution < 1.29 is 18.0 Å². The Labute approximate surface area is 138 Å². The van der Waals surface area contributed by atoms with Crippen LogP contribution in [0, 0.1) is 12.3 Å². The monoisotopic (exact) mass is 336 g/mol. The van der Waals surface area contributed by atoms with Crippen molar-refractivity contribution in [1.29, 1.82) is 0 Å². The summed E-state index contributed by atoms with van der Waals surface area (Å²) < 4.78 is 41.6. The van der Waals surface area contributed by atoms with E-state index in [1.807, 2.05) is 19.1 Å². The molecule has 1 N–H and O–H groups in total. The molecule has 24 heavy (non-hydrogen) atoms. The predicted octanol–water partition coefficient (Wildman–Crippen LogP) is 4.12. The molecule has 2 aromatic carbocycles. The molecule has 0 radical (unpaired) electrons. The van der Waals surface area contributed by atoms with E-state index < -0.39 is 23.5 Å². The first-order chi connectivity index (χ1) is 11.1. The maximum atomic E-state index is 13.9. The Morgan fingerprint density at radius 3 is 2.29 bits per heavy atom. The van der Waals surface area contributed by atoms with Gasteiger partial charge in [-0.1, -0.05) is 36.4 Å². The van der Waals surface area contributed by atoms with Gasteiger partial charge in [0.25, 0.3) is 0 Å². The number of fused-ring (bicyclic) bond motifs is 1. The summed E-state index contributed by atoms with van der Waals surface area (Å²) in [6.07, 6.45) is -4.51. The minimum atomic E-state index is -4.51. The van der Waals surface area contributed by atoms with Gasteiger partial charge in [-0.25, -0.2) is 5.01 Å². The topological polar surface area (TPSA) is 32.3 Å². The second kappa shape index (κ2) is 5.48. The highest BCUT2D eigenvalue weighted by Gasteiger charge is 2.51. The third-order valence-electron chi connectivity index (χ3n) is 4.52. The fourth-order valence-corrected chi connectivity index (χ4v) is 3.21. The maximum absolute atomic E-state index is 13.9. The first-order valence-corrected chi connectivity index (χ1v) is 7.74. The fraction of sp³-hybridized carbons (Fsp3) is 0.389. The number of carbonyl (C=O) groups is 1. The molecule has 1 aliphatic rings. The third kappa shape index (κ3) is 2.75. The van der Waals surface area contributed by atoms with Gasteiger partial charge in [0, 0.05) is 6.54 Å². The van der Waals surface area contributed by atoms with E-state index in [-0.39, 0.29) is 12.1 Å². The lowest BCUT2D eigenvalue weighted by Crippen LogP contribution is -2.43. The van der Waals surface area contributed by atoms with Crippen molar-refractivity contribution in [3.8, 4) is 0 Å². The molecule has 0 aromatic heterocycles. The average molecular weight is 336 g/mol. The van der Waals surface area contributed by atoms with Crippen molar-refractivity contribution in [3.05, 3.63) is 47.5 Å². The molecule has 1 saturated heterocycles. The molecule has 1 aliphatic heterocycles. The molecular formula is C18H19F3N2O. The molecule has 1 fully saturated rings. The van der Waals surface area contributed by atoms with Crippen molar-refractivity contribution in [3.63, 3.8) is 0 Å². The van der Waals surface area contributed by atoms with Gasteiger partial charge in [-0.15, -0.1) is 0 Å². The molecule has 3 rings (SSSR count). The molecule has 0 aliphatic carbocycles. The van der Waals surface area contributed by atoms with Crippen molar-refractivity contribution in [2.45, 2.75) is 33.0 Å². The summed E-state index contributed by atoms with van der Waals surface area (Å²) in [5, 5.41) is 2.35. The number of benzene rings is 2. The minimum absolute atomic E-state index is 0.00177. The van der Waals surface area contributed by atoms with E-state index in [0.29, 0.717) is 5.39 Å². The van der Waals surface area contributed by atoms with Gasteiger partial charge in [-0.2, -0.15) is 13.2 Å². The van der Waals surface area contributed by atoms with Gasteiger partial charge >= 0.3 is 6.18 Å². The van der Waals surface area contributed by atoms with Crippen LogP contribution in [0.4, 0.5) is 13.2 Å². The zero-order chi connectivity index (χ0) is 17.7. The molecular weight excluding hydrogens is 317 g/mol. The number of nitrogens with zero attached hydrogens (tertiary/aromatic N) is 1. The molecule has 0 saturated carbocycles. The Morgan fingerprint density at radius 1 is 1.12 bits per heavy atom. The fourth-order valence-electron chi connectivity index (χ4n) is 3.21. The largest absolute Gasteiger partial charge is 0.409 e. The van der Waals surface area contributed by atoms with E-state index in [2.05, 4.69) is 5.43 Å². The predicted molar refractivity (Wildman–Crippen MR) is 86.1 cm³/mol. The number of carbonyl (C=O) groups excluding carboxylic acids is 1. The molecule has 0 spiro atoms. The SMILES string of the molecule is Cc1ccc(C(N2CC(C)(C)C(=O)N2)C(F)(F)F)c2ccccc12. The van der Waals surface area contributed by atoms with Gasteiger partial charge in [0.05, 0.1) is 5.41 Å². The summed E-state index contributed by atoms with van der Waals surface area (Å²) >= 11 is 0. The van der Waals surface area contributed by atoms with Gasteiger partial charge in [0.2, 0.25) is 5.91 Å². The van der Waals surface area contributed by atoms with Crippen molar-refractivity contribution in [2.75, 3.05) is 6.54 Å². The van der Waals surface area contributed by atoms with Crippen LogP contribution in [0.15, 0.2) is 36.4 Å². The van der Waals surface area contributed by atoms with Crippen LogP contribution in [-0.2, 0) is 4.79 Å². The molecule has 0 bridgehead atoms. The molecule has 1 heterocycles. The summed E-state index contributed by atoms with van der Waals surface area (Å²) in [6, 6.07) is 8.36. The van der Waals surface area contributed by atoms with Crippen LogP contribution in [0.1, 0.15) is 31.0 Å². The minimum Gasteiger partial charge on any atom is -0.287 e. The van der Waals surface area contributed by atoms with E-state index in [0.717, 1.165) is 16.0 Å². The maximum Gasteiger partial charge on any atom is 0.409 e. The zero-order valence-electron chi connectivity index (χ0n) is 13.7. The Balaban J connectivity index is 2.16. The number of rotatable bonds is 2. The lowest BCUT2D eigenvalue weighted by molar-refractivity contribution is -0.191. The van der Waals surface area contributed by atoms with Gasteiger partial charge < -0.3 is 0 Å². The molecule has 6 heteroatoms. The number of alkyl halides is 3. The zero-order valence-corrected chi connectivity index (χ0v) is 13.7. The highest BCUT2D eigenvalue weighted by atomic mass is 19.4. The highest BCUT2D eigenvalue weighted by molar-refractivity contribution is 5.89. The summed E-state index contributed by atoms with van der Waals surface area (Å²) in [6.45, 7) is 5.15. The van der Waals surface area contributed by atoms with E-state index in [1.54, 1.807) is 32.0 Å². The van der Waals surface area contributed by atoms with Gasteiger partial charge in [-0.05, 0) is 42.7 Å². The summed E-state index contributed by atoms with van der Waals surface area (Å²) in [5.41, 5.74) is 2.62.